The Morgan fingerprint density at radius 1 is 0.600 bits per heavy atom. The van der Waals surface area contributed by atoms with Crippen LogP contribution in [0.2, 0.25) is 0 Å². The minimum atomic E-state index is -0.0251. The van der Waals surface area contributed by atoms with Crippen molar-refractivity contribution >= 4 is 77.7 Å². The van der Waals surface area contributed by atoms with Gasteiger partial charge in [-0.25, -0.2) is 0 Å². The molecular formula is C40H26N4O2S4. The summed E-state index contributed by atoms with van der Waals surface area (Å²) in [7, 11) is 3.31. The third kappa shape index (κ3) is 5.12. The molecule has 0 radical (unpaired) electrons. The van der Waals surface area contributed by atoms with Gasteiger partial charge in [-0.3, -0.25) is 0 Å². The number of nitriles is 4. The maximum Gasteiger partial charge on any atom is 0.138 e. The molecule has 6 aromatic rings. The Labute approximate surface area is 305 Å². The molecule has 6 nitrogen and oxygen atoms in total. The first-order chi connectivity index (χ1) is 24.4. The van der Waals surface area contributed by atoms with Gasteiger partial charge in [0.2, 0.25) is 0 Å². The molecule has 0 amide bonds. The Morgan fingerprint density at radius 2 is 1.04 bits per heavy atom. The van der Waals surface area contributed by atoms with Crippen molar-refractivity contribution in [3.8, 4) is 66.4 Å². The summed E-state index contributed by atoms with van der Waals surface area (Å²) < 4.78 is 13.9. The number of rotatable bonds is 6. The van der Waals surface area contributed by atoms with Crippen LogP contribution in [-0.4, -0.2) is 14.2 Å². The quantitative estimate of drug-likeness (QED) is 0.158. The highest BCUT2D eigenvalue weighted by atomic mass is 32.1. The van der Waals surface area contributed by atoms with Crippen LogP contribution < -0.4 is 9.47 Å². The molecular weight excluding hydrogens is 697 g/mol. The standard InChI is InChI=1S/C40H26N4O2S4/c1-45-32-14-26(8-22(18-41)19-42)47-38(32)36-12-24-10-30-28(16-34(24)49-36)29-17-35-25(11-31(29)40(30)6-4-3-5-7-40)13-37(50-35)39-33(46-2)15-27(48-39)9-23(20-43)21-44/h8-17H,3-7H2,1-2H3. The Kier molecular flexibility index (Phi) is 8.07. The number of benzene rings is 2. The van der Waals surface area contributed by atoms with Gasteiger partial charge < -0.3 is 9.47 Å². The van der Waals surface area contributed by atoms with Crippen LogP contribution in [0.3, 0.4) is 0 Å². The minimum Gasteiger partial charge on any atom is -0.495 e. The van der Waals surface area contributed by atoms with Crippen LogP contribution in [0.15, 0.2) is 59.7 Å². The van der Waals surface area contributed by atoms with Gasteiger partial charge in [0.1, 0.15) is 46.9 Å². The van der Waals surface area contributed by atoms with Crippen LogP contribution in [0.5, 0.6) is 11.5 Å². The van der Waals surface area contributed by atoms with E-state index in [2.05, 4.69) is 36.4 Å². The van der Waals surface area contributed by atoms with E-state index in [9.17, 15) is 21.0 Å². The molecule has 2 aliphatic carbocycles. The predicted molar refractivity (Wildman–Crippen MR) is 205 cm³/mol. The van der Waals surface area contributed by atoms with Crippen molar-refractivity contribution in [1.82, 2.24) is 0 Å². The minimum absolute atomic E-state index is 0.0251. The maximum atomic E-state index is 9.28. The van der Waals surface area contributed by atoms with Crippen LogP contribution in [-0.2, 0) is 5.41 Å². The zero-order chi connectivity index (χ0) is 34.6. The second-order valence-corrected chi connectivity index (χ2v) is 16.7. The molecule has 50 heavy (non-hydrogen) atoms. The monoisotopic (exact) mass is 722 g/mol. The number of thiophene rings is 4. The summed E-state index contributed by atoms with van der Waals surface area (Å²) in [5.74, 6) is 1.48. The molecule has 4 heterocycles. The lowest BCUT2D eigenvalue weighted by Crippen LogP contribution is -2.28. The second-order valence-electron chi connectivity index (χ2n) is 12.4. The van der Waals surface area contributed by atoms with Crippen molar-refractivity contribution < 1.29 is 9.47 Å². The highest BCUT2D eigenvalue weighted by molar-refractivity contribution is 7.27. The van der Waals surface area contributed by atoms with E-state index < -0.39 is 0 Å². The first kappa shape index (κ1) is 32.0. The van der Waals surface area contributed by atoms with E-state index >= 15 is 0 Å². The summed E-state index contributed by atoms with van der Waals surface area (Å²) in [6.45, 7) is 0. The molecule has 0 atom stereocenters. The fraction of sp³-hybridized carbons (Fsp3) is 0.200. The Balaban J connectivity index is 1.25. The van der Waals surface area contributed by atoms with Gasteiger partial charge in [0, 0.05) is 34.3 Å². The van der Waals surface area contributed by atoms with Gasteiger partial charge in [-0.15, -0.1) is 45.3 Å². The van der Waals surface area contributed by atoms with Crippen molar-refractivity contribution in [2.75, 3.05) is 14.2 Å². The van der Waals surface area contributed by atoms with E-state index in [0.717, 1.165) is 53.6 Å². The highest BCUT2D eigenvalue weighted by Crippen LogP contribution is 2.59. The molecule has 0 bridgehead atoms. The molecule has 0 unspecified atom stereocenters. The molecule has 10 heteroatoms. The average molecular weight is 723 g/mol. The number of hydrogen-bond acceptors (Lipinski definition) is 10. The number of hydrogen-bond donors (Lipinski definition) is 0. The fourth-order valence-corrected chi connectivity index (χ4v) is 12.0. The predicted octanol–water partition coefficient (Wildman–Crippen LogP) is 11.7. The van der Waals surface area contributed by atoms with Gasteiger partial charge in [0.15, 0.2) is 0 Å². The van der Waals surface area contributed by atoms with E-state index in [1.807, 2.05) is 36.4 Å². The van der Waals surface area contributed by atoms with Crippen LogP contribution >= 0.6 is 45.3 Å². The Bertz CT molecular complexity index is 2410. The normalized spacial score (nSPS) is 13.9. The molecule has 242 valence electrons. The van der Waals surface area contributed by atoms with E-state index in [1.54, 1.807) is 49.0 Å². The summed E-state index contributed by atoms with van der Waals surface area (Å²) in [6.07, 6.45) is 9.13. The van der Waals surface area contributed by atoms with Crippen LogP contribution in [0.25, 0.3) is 63.0 Å². The van der Waals surface area contributed by atoms with Crippen LogP contribution in [0.4, 0.5) is 0 Å². The second kappa shape index (κ2) is 12.6. The summed E-state index contributed by atoms with van der Waals surface area (Å²) >= 11 is 6.54. The van der Waals surface area contributed by atoms with Gasteiger partial charge in [-0.1, -0.05) is 19.3 Å². The highest BCUT2D eigenvalue weighted by Gasteiger charge is 2.44. The maximum absolute atomic E-state index is 9.28. The van der Waals surface area contributed by atoms with Crippen molar-refractivity contribution in [3.05, 3.63) is 80.6 Å². The Morgan fingerprint density at radius 3 is 1.44 bits per heavy atom. The van der Waals surface area contributed by atoms with Gasteiger partial charge in [-0.2, -0.15) is 21.0 Å². The van der Waals surface area contributed by atoms with E-state index in [0.29, 0.717) is 0 Å². The summed E-state index contributed by atoms with van der Waals surface area (Å²) in [6, 6.07) is 25.7. The molecule has 1 fully saturated rings. The molecule has 2 aliphatic rings. The van der Waals surface area contributed by atoms with Crippen LogP contribution in [0, 0.1) is 45.3 Å². The van der Waals surface area contributed by atoms with Gasteiger partial charge >= 0.3 is 0 Å². The fourth-order valence-electron chi connectivity index (χ4n) is 7.51. The number of fused-ring (bicyclic) bond motifs is 7. The van der Waals surface area contributed by atoms with E-state index in [-0.39, 0.29) is 16.6 Å². The lowest BCUT2D eigenvalue weighted by molar-refractivity contribution is 0.353. The third-order valence-electron chi connectivity index (χ3n) is 9.72. The van der Waals surface area contributed by atoms with E-state index in [1.165, 1.54) is 84.4 Å². The van der Waals surface area contributed by atoms with Crippen molar-refractivity contribution in [3.63, 3.8) is 0 Å². The van der Waals surface area contributed by atoms with Crippen molar-refractivity contribution in [2.45, 2.75) is 37.5 Å². The zero-order valence-electron chi connectivity index (χ0n) is 27.0. The number of ether oxygens (including phenoxy) is 2. The first-order valence-corrected chi connectivity index (χ1v) is 19.2. The van der Waals surface area contributed by atoms with Crippen molar-refractivity contribution in [2.24, 2.45) is 0 Å². The number of methoxy groups -OCH3 is 2. The number of allylic oxidation sites excluding steroid dienone is 2. The molecule has 2 aromatic carbocycles. The largest absolute Gasteiger partial charge is 0.495 e. The van der Waals surface area contributed by atoms with Gasteiger partial charge in [0.05, 0.1) is 24.0 Å². The molecule has 0 aliphatic heterocycles. The lowest BCUT2D eigenvalue weighted by atomic mass is 9.67. The number of nitrogens with zero attached hydrogens (tertiary/aromatic N) is 4. The summed E-state index contributed by atoms with van der Waals surface area (Å²) in [5, 5.41) is 39.5. The van der Waals surface area contributed by atoms with Gasteiger partial charge in [0.25, 0.3) is 0 Å². The molecule has 0 saturated heterocycles. The Hall–Kier alpha value is -5.20. The zero-order valence-corrected chi connectivity index (χ0v) is 30.3. The third-order valence-corrected chi connectivity index (χ3v) is 14.4. The van der Waals surface area contributed by atoms with Crippen molar-refractivity contribution in [1.29, 1.82) is 21.0 Å². The topological polar surface area (TPSA) is 114 Å². The molecule has 8 rings (SSSR count). The molecule has 1 spiro atoms. The summed E-state index contributed by atoms with van der Waals surface area (Å²) in [5.41, 5.74) is 5.60. The molecule has 4 aromatic heterocycles. The lowest BCUT2D eigenvalue weighted by Gasteiger charge is -2.36. The first-order valence-electron chi connectivity index (χ1n) is 16.0. The van der Waals surface area contributed by atoms with Crippen LogP contribution in [0.1, 0.15) is 53.0 Å². The average Bonchev–Trinajstić information content (AvgIpc) is 3.97. The summed E-state index contributed by atoms with van der Waals surface area (Å²) in [4.78, 5) is 5.82. The molecule has 0 N–H and O–H groups in total. The molecule has 1 saturated carbocycles. The SMILES string of the molecule is COc1cc(C=C(C#N)C#N)sc1-c1cc2cc3c(cc2s1)-c1cc2sc(-c4sc(C=C(C#N)C#N)cc4OC)cc2cc1C31CCCCC1. The van der Waals surface area contributed by atoms with E-state index in [4.69, 9.17) is 9.47 Å². The van der Waals surface area contributed by atoms with Gasteiger partial charge in [-0.05, 0) is 107 Å². The smallest absolute Gasteiger partial charge is 0.138 e.